The summed E-state index contributed by atoms with van der Waals surface area (Å²) in [4.78, 5) is 12.1. The molecule has 0 radical (unpaired) electrons. The lowest BCUT2D eigenvalue weighted by atomic mass is 10.3. The number of aromatic nitrogens is 2. The number of benzene rings is 1. The van der Waals surface area contributed by atoms with E-state index in [1.807, 2.05) is 13.8 Å². The summed E-state index contributed by atoms with van der Waals surface area (Å²) < 4.78 is 0.764. The van der Waals surface area contributed by atoms with Gasteiger partial charge in [0.05, 0.1) is 5.25 Å². The van der Waals surface area contributed by atoms with Crippen molar-refractivity contribution in [3.8, 4) is 0 Å². The second kappa shape index (κ2) is 7.63. The first-order chi connectivity index (χ1) is 10.1. The van der Waals surface area contributed by atoms with Crippen molar-refractivity contribution in [1.82, 2.24) is 10.2 Å². The largest absolute Gasteiger partial charge is 0.360 e. The number of halogens is 1. The third kappa shape index (κ3) is 4.87. The second-order valence-electron chi connectivity index (χ2n) is 4.16. The van der Waals surface area contributed by atoms with Gasteiger partial charge in [-0.05, 0) is 32.0 Å². The van der Waals surface area contributed by atoms with Gasteiger partial charge in [0.2, 0.25) is 11.0 Å². The first-order valence-electron chi connectivity index (χ1n) is 6.39. The van der Waals surface area contributed by atoms with Crippen LogP contribution in [0.3, 0.4) is 0 Å². The summed E-state index contributed by atoms with van der Waals surface area (Å²) in [5.74, 6) is -0.0949. The maximum Gasteiger partial charge on any atom is 0.237 e. The van der Waals surface area contributed by atoms with Gasteiger partial charge in [-0.15, -0.1) is 10.2 Å². The Bertz CT molecular complexity index is 620. The van der Waals surface area contributed by atoms with Gasteiger partial charge < -0.3 is 10.6 Å². The van der Waals surface area contributed by atoms with Crippen molar-refractivity contribution < 1.29 is 4.79 Å². The number of nitrogens with zero attached hydrogens (tertiary/aromatic N) is 2. The number of nitrogens with one attached hydrogen (secondary N) is 2. The van der Waals surface area contributed by atoms with Crippen molar-refractivity contribution in [3.63, 3.8) is 0 Å². The van der Waals surface area contributed by atoms with Crippen LogP contribution in [0.1, 0.15) is 13.8 Å². The third-order valence-corrected chi connectivity index (χ3v) is 4.77. The molecular formula is C13H15ClN4OS2. The fourth-order valence-electron chi connectivity index (χ4n) is 1.49. The molecule has 1 heterocycles. The summed E-state index contributed by atoms with van der Waals surface area (Å²) in [6, 6.07) is 7.07. The highest BCUT2D eigenvalue weighted by Gasteiger charge is 2.17. The van der Waals surface area contributed by atoms with E-state index in [2.05, 4.69) is 20.8 Å². The highest BCUT2D eigenvalue weighted by Crippen LogP contribution is 2.29. The van der Waals surface area contributed by atoms with E-state index in [0.717, 1.165) is 16.0 Å². The molecular weight excluding hydrogens is 328 g/mol. The van der Waals surface area contributed by atoms with Crippen LogP contribution < -0.4 is 10.6 Å². The van der Waals surface area contributed by atoms with Gasteiger partial charge in [-0.3, -0.25) is 4.79 Å². The predicted molar refractivity (Wildman–Crippen MR) is 89.5 cm³/mol. The SMILES string of the molecule is CCNc1nnc(S[C@@H](C)C(=O)Nc2cccc(Cl)c2)s1. The smallest absolute Gasteiger partial charge is 0.237 e. The molecule has 0 saturated heterocycles. The Balaban J connectivity index is 1.92. The normalized spacial score (nSPS) is 12.0. The van der Waals surface area contributed by atoms with Crippen LogP contribution in [-0.4, -0.2) is 27.9 Å². The Labute approximate surface area is 136 Å². The molecule has 0 spiro atoms. The van der Waals surface area contributed by atoms with Crippen LogP contribution in [0.2, 0.25) is 5.02 Å². The molecule has 1 amide bonds. The number of hydrogen-bond donors (Lipinski definition) is 2. The van der Waals surface area contributed by atoms with Crippen LogP contribution in [0.4, 0.5) is 10.8 Å². The van der Waals surface area contributed by atoms with Gasteiger partial charge in [0, 0.05) is 17.3 Å². The van der Waals surface area contributed by atoms with Crippen molar-refractivity contribution in [2.24, 2.45) is 0 Å². The Morgan fingerprint density at radius 1 is 1.48 bits per heavy atom. The summed E-state index contributed by atoms with van der Waals surface area (Å²) in [6.07, 6.45) is 0. The molecule has 0 bridgehead atoms. The van der Waals surface area contributed by atoms with Crippen LogP contribution >= 0.6 is 34.7 Å². The van der Waals surface area contributed by atoms with Crippen molar-refractivity contribution in [1.29, 1.82) is 0 Å². The molecule has 5 nitrogen and oxygen atoms in total. The zero-order chi connectivity index (χ0) is 15.2. The second-order valence-corrected chi connectivity index (χ2v) is 7.17. The van der Waals surface area contributed by atoms with E-state index in [1.165, 1.54) is 23.1 Å². The van der Waals surface area contributed by atoms with Gasteiger partial charge in [-0.1, -0.05) is 40.8 Å². The molecule has 0 unspecified atom stereocenters. The summed E-state index contributed by atoms with van der Waals surface area (Å²) in [7, 11) is 0. The molecule has 1 aromatic carbocycles. The van der Waals surface area contributed by atoms with Crippen LogP contribution in [0.5, 0.6) is 0 Å². The molecule has 2 aromatic rings. The lowest BCUT2D eigenvalue weighted by Gasteiger charge is -2.10. The molecule has 8 heteroatoms. The van der Waals surface area contributed by atoms with Gasteiger partial charge in [0.1, 0.15) is 0 Å². The topological polar surface area (TPSA) is 66.9 Å². The van der Waals surface area contributed by atoms with Gasteiger partial charge in [-0.25, -0.2) is 0 Å². The molecule has 0 aliphatic heterocycles. The van der Waals surface area contributed by atoms with E-state index >= 15 is 0 Å². The van der Waals surface area contributed by atoms with Crippen molar-refractivity contribution in [2.75, 3.05) is 17.2 Å². The van der Waals surface area contributed by atoms with E-state index in [0.29, 0.717) is 10.7 Å². The van der Waals surface area contributed by atoms with Crippen molar-refractivity contribution in [2.45, 2.75) is 23.4 Å². The highest BCUT2D eigenvalue weighted by molar-refractivity contribution is 8.02. The summed E-state index contributed by atoms with van der Waals surface area (Å²) in [6.45, 7) is 4.62. The van der Waals surface area contributed by atoms with Gasteiger partial charge in [0.15, 0.2) is 4.34 Å². The molecule has 0 saturated carbocycles. The van der Waals surface area contributed by atoms with Crippen LogP contribution in [0, 0.1) is 0 Å². The average Bonchev–Trinajstić information content (AvgIpc) is 2.86. The highest BCUT2D eigenvalue weighted by atomic mass is 35.5. The molecule has 2 N–H and O–H groups in total. The first-order valence-corrected chi connectivity index (χ1v) is 8.46. The van der Waals surface area contributed by atoms with E-state index in [4.69, 9.17) is 11.6 Å². The van der Waals surface area contributed by atoms with Crippen molar-refractivity contribution in [3.05, 3.63) is 29.3 Å². The Hall–Kier alpha value is -1.31. The summed E-state index contributed by atoms with van der Waals surface area (Å²) in [5.41, 5.74) is 0.686. The van der Waals surface area contributed by atoms with Crippen LogP contribution in [0.25, 0.3) is 0 Å². The minimum absolute atomic E-state index is 0.0949. The third-order valence-electron chi connectivity index (χ3n) is 2.47. The van der Waals surface area contributed by atoms with E-state index in [1.54, 1.807) is 24.3 Å². The maximum absolute atomic E-state index is 12.1. The zero-order valence-electron chi connectivity index (χ0n) is 11.6. The monoisotopic (exact) mass is 342 g/mol. The molecule has 2 rings (SSSR count). The molecule has 1 atom stereocenters. The fraction of sp³-hybridized carbons (Fsp3) is 0.308. The average molecular weight is 343 g/mol. The quantitative estimate of drug-likeness (QED) is 0.783. The molecule has 112 valence electrons. The predicted octanol–water partition coefficient (Wildman–Crippen LogP) is 3.74. The number of anilines is 2. The van der Waals surface area contributed by atoms with E-state index in [9.17, 15) is 4.79 Å². The summed E-state index contributed by atoms with van der Waals surface area (Å²) >= 11 is 8.71. The number of amides is 1. The number of rotatable bonds is 6. The first kappa shape index (κ1) is 16.1. The molecule has 0 aliphatic carbocycles. The number of thioether (sulfide) groups is 1. The number of hydrogen-bond acceptors (Lipinski definition) is 6. The number of carbonyl (C=O) groups is 1. The molecule has 0 aliphatic rings. The molecule has 21 heavy (non-hydrogen) atoms. The van der Waals surface area contributed by atoms with E-state index in [-0.39, 0.29) is 11.2 Å². The van der Waals surface area contributed by atoms with Gasteiger partial charge in [0.25, 0.3) is 0 Å². The molecule has 1 aromatic heterocycles. The number of carbonyl (C=O) groups excluding carboxylic acids is 1. The minimum atomic E-state index is -0.272. The molecule has 0 fully saturated rings. The van der Waals surface area contributed by atoms with Crippen LogP contribution in [-0.2, 0) is 4.79 Å². The Morgan fingerprint density at radius 2 is 2.29 bits per heavy atom. The standard InChI is InChI=1S/C13H15ClN4OS2/c1-3-15-12-17-18-13(21-12)20-8(2)11(19)16-10-6-4-5-9(14)7-10/h4-8H,3H2,1-2H3,(H,15,17)(H,16,19)/t8-/m0/s1. The van der Waals surface area contributed by atoms with Crippen LogP contribution in [0.15, 0.2) is 28.6 Å². The van der Waals surface area contributed by atoms with Gasteiger partial charge in [-0.2, -0.15) is 0 Å². The lowest BCUT2D eigenvalue weighted by molar-refractivity contribution is -0.115. The zero-order valence-corrected chi connectivity index (χ0v) is 14.0. The Morgan fingerprint density at radius 3 is 3.00 bits per heavy atom. The Kier molecular flexibility index (Phi) is 5.84. The van der Waals surface area contributed by atoms with Gasteiger partial charge >= 0.3 is 0 Å². The van der Waals surface area contributed by atoms with Crippen molar-refractivity contribution >= 4 is 51.4 Å². The fourth-order valence-corrected chi connectivity index (χ4v) is 3.65. The maximum atomic E-state index is 12.1. The summed E-state index contributed by atoms with van der Waals surface area (Å²) in [5, 5.41) is 15.1. The van der Waals surface area contributed by atoms with E-state index < -0.39 is 0 Å². The minimum Gasteiger partial charge on any atom is -0.360 e. The lowest BCUT2D eigenvalue weighted by Crippen LogP contribution is -2.22.